The third-order valence-corrected chi connectivity index (χ3v) is 6.60. The normalized spacial score (nSPS) is 18.4. The lowest BCUT2D eigenvalue weighted by atomic mass is 9.93. The smallest absolute Gasteiger partial charge is 0.242 e. The number of thiophene rings is 1. The highest BCUT2D eigenvalue weighted by Gasteiger charge is 2.37. The Morgan fingerprint density at radius 3 is 2.69 bits per heavy atom. The number of nitrogens with zero attached hydrogens (tertiary/aromatic N) is 2. The first-order valence-electron chi connectivity index (χ1n) is 9.97. The van der Waals surface area contributed by atoms with Crippen molar-refractivity contribution in [3.8, 4) is 0 Å². The van der Waals surface area contributed by atoms with Gasteiger partial charge in [-0.1, -0.05) is 12.1 Å². The van der Waals surface area contributed by atoms with Gasteiger partial charge in [-0.15, -0.1) is 11.3 Å². The molecule has 0 spiro atoms. The summed E-state index contributed by atoms with van der Waals surface area (Å²) in [6.45, 7) is 1.46. The van der Waals surface area contributed by atoms with E-state index in [1.165, 1.54) is 17.0 Å². The van der Waals surface area contributed by atoms with Crippen LogP contribution in [-0.2, 0) is 20.7 Å². The summed E-state index contributed by atoms with van der Waals surface area (Å²) in [5, 5.41) is 2.04. The van der Waals surface area contributed by atoms with E-state index in [4.69, 9.17) is 4.74 Å². The van der Waals surface area contributed by atoms with Gasteiger partial charge in [0.25, 0.3) is 0 Å². The van der Waals surface area contributed by atoms with Crippen molar-refractivity contribution in [1.29, 1.82) is 0 Å². The fraction of sp³-hybridized carbons (Fsp3) is 0.455. The molecule has 1 saturated carbocycles. The lowest BCUT2D eigenvalue weighted by molar-refractivity contribution is -0.142. The van der Waals surface area contributed by atoms with Crippen LogP contribution in [0, 0.1) is 11.7 Å². The number of fused-ring (bicyclic) bond motifs is 1. The van der Waals surface area contributed by atoms with E-state index in [1.54, 1.807) is 35.5 Å². The highest BCUT2D eigenvalue weighted by atomic mass is 32.1. The standard InChI is InChI=1S/C22H25FN2O3S/c1-28-12-11-24(22(27)16-2-3-16)14-20(26)25-10-8-19-18(9-13-29-19)21(25)15-4-6-17(23)7-5-15/h4-7,9,13,16,21H,2-3,8,10-12,14H2,1H3. The molecule has 1 unspecified atom stereocenters. The second-order valence-electron chi connectivity index (χ2n) is 7.62. The van der Waals surface area contributed by atoms with E-state index in [2.05, 4.69) is 0 Å². The molecule has 0 saturated heterocycles. The summed E-state index contributed by atoms with van der Waals surface area (Å²) in [4.78, 5) is 30.7. The predicted octanol–water partition coefficient (Wildman–Crippen LogP) is 3.25. The van der Waals surface area contributed by atoms with E-state index in [1.807, 2.05) is 16.3 Å². The molecule has 0 radical (unpaired) electrons. The topological polar surface area (TPSA) is 49.9 Å². The zero-order valence-corrected chi connectivity index (χ0v) is 17.3. The van der Waals surface area contributed by atoms with Gasteiger partial charge in [-0.3, -0.25) is 9.59 Å². The van der Waals surface area contributed by atoms with Gasteiger partial charge >= 0.3 is 0 Å². The van der Waals surface area contributed by atoms with Crippen LogP contribution in [0.2, 0.25) is 0 Å². The first kappa shape index (κ1) is 20.0. The molecular weight excluding hydrogens is 391 g/mol. The van der Waals surface area contributed by atoms with Crippen molar-refractivity contribution >= 4 is 23.2 Å². The van der Waals surface area contributed by atoms with Crippen molar-refractivity contribution in [1.82, 2.24) is 9.80 Å². The third kappa shape index (κ3) is 4.36. The Hall–Kier alpha value is -2.25. The molecule has 154 valence electrons. The van der Waals surface area contributed by atoms with Gasteiger partial charge in [-0.2, -0.15) is 0 Å². The Balaban J connectivity index is 1.58. The zero-order chi connectivity index (χ0) is 20.4. The molecule has 0 bridgehead atoms. The van der Waals surface area contributed by atoms with Crippen molar-refractivity contribution in [2.75, 3.05) is 33.4 Å². The molecule has 0 N–H and O–H groups in total. The monoisotopic (exact) mass is 416 g/mol. The maximum Gasteiger partial charge on any atom is 0.242 e. The van der Waals surface area contributed by atoms with E-state index < -0.39 is 0 Å². The van der Waals surface area contributed by atoms with Crippen molar-refractivity contribution in [3.05, 3.63) is 57.5 Å². The predicted molar refractivity (Wildman–Crippen MR) is 109 cm³/mol. The van der Waals surface area contributed by atoms with Crippen LogP contribution in [0.3, 0.4) is 0 Å². The number of carbonyl (C=O) groups excluding carboxylic acids is 2. The summed E-state index contributed by atoms with van der Waals surface area (Å²) in [6.07, 6.45) is 2.60. The highest BCUT2D eigenvalue weighted by Crippen LogP contribution is 2.38. The fourth-order valence-electron chi connectivity index (χ4n) is 3.90. The van der Waals surface area contributed by atoms with Gasteiger partial charge in [0.15, 0.2) is 0 Å². The molecule has 1 aliphatic carbocycles. The molecule has 1 atom stereocenters. The van der Waals surface area contributed by atoms with E-state index >= 15 is 0 Å². The van der Waals surface area contributed by atoms with Crippen molar-refractivity contribution < 1.29 is 18.7 Å². The molecule has 5 nitrogen and oxygen atoms in total. The second-order valence-corrected chi connectivity index (χ2v) is 8.62. The third-order valence-electron chi connectivity index (χ3n) is 5.60. The van der Waals surface area contributed by atoms with E-state index in [-0.39, 0.29) is 36.1 Å². The largest absolute Gasteiger partial charge is 0.383 e. The first-order valence-corrected chi connectivity index (χ1v) is 10.9. The molecule has 4 rings (SSSR count). The van der Waals surface area contributed by atoms with Crippen LogP contribution in [0.5, 0.6) is 0 Å². The molecule has 2 heterocycles. The minimum absolute atomic E-state index is 0.0435. The molecule has 2 aliphatic rings. The Bertz CT molecular complexity index is 878. The quantitative estimate of drug-likeness (QED) is 0.696. The summed E-state index contributed by atoms with van der Waals surface area (Å²) in [7, 11) is 1.59. The van der Waals surface area contributed by atoms with Gasteiger partial charge in [0.1, 0.15) is 5.82 Å². The number of hydrogen-bond donors (Lipinski definition) is 0. The number of ether oxygens (including phenoxy) is 1. The van der Waals surface area contributed by atoms with Crippen molar-refractivity contribution in [2.24, 2.45) is 5.92 Å². The maximum atomic E-state index is 13.5. The Morgan fingerprint density at radius 2 is 2.00 bits per heavy atom. The van der Waals surface area contributed by atoms with Crippen LogP contribution in [-0.4, -0.2) is 55.0 Å². The summed E-state index contributed by atoms with van der Waals surface area (Å²) in [5.41, 5.74) is 1.98. The molecule has 1 aromatic heterocycles. The number of methoxy groups -OCH3 is 1. The average molecular weight is 417 g/mol. The number of rotatable bonds is 7. The molecule has 1 aliphatic heterocycles. The molecule has 1 aromatic carbocycles. The highest BCUT2D eigenvalue weighted by molar-refractivity contribution is 7.10. The maximum absolute atomic E-state index is 13.5. The Labute approximate surface area is 174 Å². The number of benzene rings is 1. The number of hydrogen-bond acceptors (Lipinski definition) is 4. The molecular formula is C22H25FN2O3S. The van der Waals surface area contributed by atoms with Gasteiger partial charge in [-0.05, 0) is 54.0 Å². The van der Waals surface area contributed by atoms with Crippen LogP contribution in [0.15, 0.2) is 35.7 Å². The molecule has 29 heavy (non-hydrogen) atoms. The lowest BCUT2D eigenvalue weighted by Crippen LogP contribution is -2.47. The van der Waals surface area contributed by atoms with Crippen LogP contribution in [0.25, 0.3) is 0 Å². The molecule has 2 amide bonds. The van der Waals surface area contributed by atoms with E-state index in [9.17, 15) is 14.0 Å². The van der Waals surface area contributed by atoms with Gasteiger partial charge in [0, 0.05) is 31.0 Å². The Morgan fingerprint density at radius 1 is 1.24 bits per heavy atom. The first-order chi connectivity index (χ1) is 14.1. The summed E-state index contributed by atoms with van der Waals surface area (Å²) in [6, 6.07) is 8.14. The van der Waals surface area contributed by atoms with Gasteiger partial charge in [0.2, 0.25) is 11.8 Å². The minimum Gasteiger partial charge on any atom is -0.383 e. The number of amides is 2. The summed E-state index contributed by atoms with van der Waals surface area (Å²) < 4.78 is 18.6. The fourth-order valence-corrected chi connectivity index (χ4v) is 4.80. The van der Waals surface area contributed by atoms with Crippen LogP contribution >= 0.6 is 11.3 Å². The minimum atomic E-state index is -0.297. The van der Waals surface area contributed by atoms with Crippen molar-refractivity contribution in [2.45, 2.75) is 25.3 Å². The van der Waals surface area contributed by atoms with Crippen LogP contribution in [0.1, 0.15) is 34.9 Å². The number of carbonyl (C=O) groups is 2. The lowest BCUT2D eigenvalue weighted by Gasteiger charge is -2.37. The van der Waals surface area contributed by atoms with Gasteiger partial charge in [0.05, 0.1) is 19.2 Å². The van der Waals surface area contributed by atoms with Crippen molar-refractivity contribution in [3.63, 3.8) is 0 Å². The molecule has 7 heteroatoms. The number of halogens is 1. The van der Waals surface area contributed by atoms with E-state index in [0.717, 1.165) is 30.4 Å². The summed E-state index contributed by atoms with van der Waals surface area (Å²) in [5.74, 6) is -0.283. The second kappa shape index (κ2) is 8.63. The molecule has 2 aromatic rings. The SMILES string of the molecule is COCCN(CC(=O)N1CCc2sccc2C1c1ccc(F)cc1)C(=O)C1CC1. The molecule has 1 fully saturated rings. The summed E-state index contributed by atoms with van der Waals surface area (Å²) >= 11 is 1.69. The zero-order valence-electron chi connectivity index (χ0n) is 16.5. The Kier molecular flexibility index (Phi) is 5.96. The van der Waals surface area contributed by atoms with Crippen LogP contribution in [0.4, 0.5) is 4.39 Å². The van der Waals surface area contributed by atoms with E-state index in [0.29, 0.717) is 19.7 Å². The van der Waals surface area contributed by atoms with Gasteiger partial charge < -0.3 is 14.5 Å². The average Bonchev–Trinajstić information content (AvgIpc) is 3.47. The van der Waals surface area contributed by atoms with Crippen LogP contribution < -0.4 is 0 Å². The van der Waals surface area contributed by atoms with Gasteiger partial charge in [-0.25, -0.2) is 4.39 Å².